The SMILES string of the molecule is CN=C(NCc1cc(C(C)C)no1)NCC1(OC)CCOCC1.I. The Balaban J connectivity index is 0.00000288. The molecule has 0 spiro atoms. The molecule has 138 valence electrons. The topological polar surface area (TPSA) is 80.9 Å². The van der Waals surface area contributed by atoms with Gasteiger partial charge in [-0.1, -0.05) is 19.0 Å². The van der Waals surface area contributed by atoms with Gasteiger partial charge in [-0.25, -0.2) is 0 Å². The number of nitrogens with zero attached hydrogens (tertiary/aromatic N) is 2. The summed E-state index contributed by atoms with van der Waals surface area (Å²) in [5.41, 5.74) is 0.776. The molecule has 1 aliphatic heterocycles. The van der Waals surface area contributed by atoms with Gasteiger partial charge in [-0.15, -0.1) is 24.0 Å². The minimum Gasteiger partial charge on any atom is -0.381 e. The zero-order chi connectivity index (χ0) is 16.7. The maximum absolute atomic E-state index is 5.71. The maximum atomic E-state index is 5.71. The molecule has 0 radical (unpaired) electrons. The second-order valence-corrected chi connectivity index (χ2v) is 6.15. The van der Waals surface area contributed by atoms with Gasteiger partial charge in [0.05, 0.1) is 17.8 Å². The molecule has 1 aromatic rings. The largest absolute Gasteiger partial charge is 0.381 e. The Hall–Kier alpha value is -0.870. The van der Waals surface area contributed by atoms with Crippen molar-refractivity contribution < 1.29 is 14.0 Å². The second kappa shape index (κ2) is 10.2. The fourth-order valence-electron chi connectivity index (χ4n) is 2.52. The number of rotatable bonds is 6. The molecule has 1 aromatic heterocycles. The lowest BCUT2D eigenvalue weighted by atomic mass is 9.94. The number of hydrogen-bond donors (Lipinski definition) is 2. The van der Waals surface area contributed by atoms with Crippen molar-refractivity contribution in [2.45, 2.75) is 44.8 Å². The third kappa shape index (κ3) is 5.89. The lowest BCUT2D eigenvalue weighted by molar-refractivity contribution is -0.0855. The Kier molecular flexibility index (Phi) is 8.99. The first-order valence-electron chi connectivity index (χ1n) is 8.11. The van der Waals surface area contributed by atoms with E-state index in [9.17, 15) is 0 Å². The monoisotopic (exact) mass is 452 g/mol. The number of aromatic nitrogens is 1. The molecule has 0 bridgehead atoms. The summed E-state index contributed by atoms with van der Waals surface area (Å²) < 4.78 is 16.4. The van der Waals surface area contributed by atoms with E-state index >= 15 is 0 Å². The Labute approximate surface area is 161 Å². The summed E-state index contributed by atoms with van der Waals surface area (Å²) in [7, 11) is 3.50. The first kappa shape index (κ1) is 21.2. The van der Waals surface area contributed by atoms with E-state index in [0.717, 1.165) is 43.5 Å². The van der Waals surface area contributed by atoms with Crippen LogP contribution in [0.2, 0.25) is 0 Å². The molecule has 7 nitrogen and oxygen atoms in total. The highest BCUT2D eigenvalue weighted by Crippen LogP contribution is 2.23. The van der Waals surface area contributed by atoms with Crippen LogP contribution in [0.15, 0.2) is 15.6 Å². The summed E-state index contributed by atoms with van der Waals surface area (Å²) >= 11 is 0. The van der Waals surface area contributed by atoms with Crippen molar-refractivity contribution in [1.29, 1.82) is 0 Å². The van der Waals surface area contributed by atoms with E-state index < -0.39 is 0 Å². The minimum atomic E-state index is -0.188. The average molecular weight is 452 g/mol. The summed E-state index contributed by atoms with van der Waals surface area (Å²) in [5, 5.41) is 10.6. The van der Waals surface area contributed by atoms with Crippen LogP contribution in [0.5, 0.6) is 0 Å². The fourth-order valence-corrected chi connectivity index (χ4v) is 2.52. The molecule has 1 saturated heterocycles. The molecule has 2 heterocycles. The van der Waals surface area contributed by atoms with Crippen molar-refractivity contribution in [3.63, 3.8) is 0 Å². The van der Waals surface area contributed by atoms with E-state index in [0.29, 0.717) is 19.0 Å². The van der Waals surface area contributed by atoms with Crippen LogP contribution in [0.4, 0.5) is 0 Å². The van der Waals surface area contributed by atoms with Gasteiger partial charge in [-0.05, 0) is 5.92 Å². The Morgan fingerprint density at radius 1 is 1.38 bits per heavy atom. The standard InChI is InChI=1S/C16H28N4O3.HI/c1-12(2)14-9-13(23-20-14)10-18-15(17-3)19-11-16(21-4)5-7-22-8-6-16;/h9,12H,5-8,10-11H2,1-4H3,(H2,17,18,19);1H. The summed E-state index contributed by atoms with van der Waals surface area (Å²) in [4.78, 5) is 4.24. The number of hydrogen-bond acceptors (Lipinski definition) is 5. The lowest BCUT2D eigenvalue weighted by Crippen LogP contribution is -2.50. The number of aliphatic imine (C=N–C) groups is 1. The van der Waals surface area contributed by atoms with E-state index in [-0.39, 0.29) is 29.6 Å². The van der Waals surface area contributed by atoms with Crippen molar-refractivity contribution in [1.82, 2.24) is 15.8 Å². The van der Waals surface area contributed by atoms with Gasteiger partial charge >= 0.3 is 0 Å². The number of ether oxygens (including phenoxy) is 2. The number of guanidine groups is 1. The molecule has 2 N–H and O–H groups in total. The maximum Gasteiger partial charge on any atom is 0.191 e. The normalized spacial score (nSPS) is 17.5. The second-order valence-electron chi connectivity index (χ2n) is 6.15. The van der Waals surface area contributed by atoms with Crippen LogP contribution >= 0.6 is 24.0 Å². The van der Waals surface area contributed by atoms with E-state index in [4.69, 9.17) is 14.0 Å². The molecule has 0 aliphatic carbocycles. The van der Waals surface area contributed by atoms with Crippen molar-refractivity contribution in [2.75, 3.05) is 33.9 Å². The summed E-state index contributed by atoms with van der Waals surface area (Å²) in [5.74, 6) is 1.87. The number of halogens is 1. The molecule has 24 heavy (non-hydrogen) atoms. The van der Waals surface area contributed by atoms with Crippen LogP contribution in [0.1, 0.15) is 44.1 Å². The fraction of sp³-hybridized carbons (Fsp3) is 0.750. The number of methoxy groups -OCH3 is 1. The molecule has 1 fully saturated rings. The van der Waals surface area contributed by atoms with Gasteiger partial charge in [0.15, 0.2) is 11.7 Å². The van der Waals surface area contributed by atoms with Crippen molar-refractivity contribution in [2.24, 2.45) is 4.99 Å². The molecule has 0 saturated carbocycles. The lowest BCUT2D eigenvalue weighted by Gasteiger charge is -2.36. The Morgan fingerprint density at radius 3 is 2.62 bits per heavy atom. The van der Waals surface area contributed by atoms with Gasteiger partial charge in [0.25, 0.3) is 0 Å². The van der Waals surface area contributed by atoms with Gasteiger partial charge in [0.2, 0.25) is 0 Å². The molecular formula is C16H29IN4O3. The highest BCUT2D eigenvalue weighted by molar-refractivity contribution is 14.0. The van der Waals surface area contributed by atoms with Crippen LogP contribution in [0, 0.1) is 0 Å². The van der Waals surface area contributed by atoms with E-state index in [2.05, 4.69) is 34.6 Å². The third-order valence-electron chi connectivity index (χ3n) is 4.24. The minimum absolute atomic E-state index is 0. The predicted molar refractivity (Wildman–Crippen MR) is 104 cm³/mol. The average Bonchev–Trinajstić information content (AvgIpc) is 3.05. The summed E-state index contributed by atoms with van der Waals surface area (Å²) in [6.07, 6.45) is 1.76. The van der Waals surface area contributed by atoms with Crippen LogP contribution in [-0.4, -0.2) is 50.6 Å². The smallest absolute Gasteiger partial charge is 0.191 e. The molecule has 0 atom stereocenters. The molecule has 1 aliphatic rings. The first-order valence-corrected chi connectivity index (χ1v) is 8.11. The van der Waals surface area contributed by atoms with Gasteiger partial charge in [-0.3, -0.25) is 4.99 Å². The van der Waals surface area contributed by atoms with E-state index in [1.807, 2.05) is 6.07 Å². The third-order valence-corrected chi connectivity index (χ3v) is 4.24. The molecule has 0 amide bonds. The zero-order valence-corrected chi connectivity index (χ0v) is 17.3. The van der Waals surface area contributed by atoms with Crippen molar-refractivity contribution in [3.8, 4) is 0 Å². The van der Waals surface area contributed by atoms with Crippen molar-refractivity contribution in [3.05, 3.63) is 17.5 Å². The van der Waals surface area contributed by atoms with Crippen LogP contribution in [-0.2, 0) is 16.0 Å². The number of nitrogens with one attached hydrogen (secondary N) is 2. The predicted octanol–water partition coefficient (Wildman–Crippen LogP) is 2.28. The van der Waals surface area contributed by atoms with Crippen LogP contribution in [0.3, 0.4) is 0 Å². The summed E-state index contributed by atoms with van der Waals surface area (Å²) in [6, 6.07) is 1.97. The van der Waals surface area contributed by atoms with Gasteiger partial charge < -0.3 is 24.6 Å². The van der Waals surface area contributed by atoms with Gasteiger partial charge in [0.1, 0.15) is 0 Å². The zero-order valence-electron chi connectivity index (χ0n) is 14.9. The Bertz CT molecular complexity index is 513. The van der Waals surface area contributed by atoms with Crippen LogP contribution in [0.25, 0.3) is 0 Å². The molecule has 0 aromatic carbocycles. The quantitative estimate of drug-likeness (QED) is 0.392. The highest BCUT2D eigenvalue weighted by atomic mass is 127. The molecular weight excluding hydrogens is 423 g/mol. The van der Waals surface area contributed by atoms with Crippen LogP contribution < -0.4 is 10.6 Å². The van der Waals surface area contributed by atoms with E-state index in [1.54, 1.807) is 14.2 Å². The summed E-state index contributed by atoms with van der Waals surface area (Å²) in [6.45, 7) is 6.89. The van der Waals surface area contributed by atoms with E-state index in [1.165, 1.54) is 0 Å². The van der Waals surface area contributed by atoms with Crippen molar-refractivity contribution >= 4 is 29.9 Å². The molecule has 8 heteroatoms. The Morgan fingerprint density at radius 2 is 2.08 bits per heavy atom. The van der Waals surface area contributed by atoms with Gasteiger partial charge in [-0.2, -0.15) is 0 Å². The molecule has 0 unspecified atom stereocenters. The highest BCUT2D eigenvalue weighted by Gasteiger charge is 2.32. The van der Waals surface area contributed by atoms with Gasteiger partial charge in [0, 0.05) is 52.8 Å². The molecule has 2 rings (SSSR count). The first-order chi connectivity index (χ1) is 11.1.